The minimum absolute atomic E-state index is 0.419. The largest absolute Gasteiger partial charge is 0.399 e. The summed E-state index contributed by atoms with van der Waals surface area (Å²) in [6.45, 7) is 1.78. The number of nitrogens with zero attached hydrogens (tertiary/aromatic N) is 3. The minimum atomic E-state index is 0.419. The number of rotatable bonds is 1. The number of aromatic amines is 1. The van der Waals surface area contributed by atoms with Crippen LogP contribution in [0, 0.1) is 6.92 Å². The number of nitrogen functional groups attached to an aromatic ring is 1. The molecule has 0 radical (unpaired) electrons. The SMILES string of the molecule is Cc1noc(-c2cc3c(cn2)[nH]c2ccc(N)cc23)n1. The van der Waals surface area contributed by atoms with Gasteiger partial charge in [0.2, 0.25) is 0 Å². The molecular weight excluding hydrogens is 254 g/mol. The van der Waals surface area contributed by atoms with Crippen LogP contribution in [-0.4, -0.2) is 20.1 Å². The fraction of sp³-hybridized carbons (Fsp3) is 0.0714. The van der Waals surface area contributed by atoms with Crippen LogP contribution in [0.3, 0.4) is 0 Å². The third-order valence-corrected chi connectivity index (χ3v) is 3.25. The van der Waals surface area contributed by atoms with Crippen molar-refractivity contribution in [3.63, 3.8) is 0 Å². The molecule has 4 rings (SSSR count). The summed E-state index contributed by atoms with van der Waals surface area (Å²) >= 11 is 0. The zero-order chi connectivity index (χ0) is 13.7. The number of aromatic nitrogens is 4. The predicted octanol–water partition coefficient (Wildman–Crippen LogP) is 2.66. The molecule has 3 N–H and O–H groups in total. The quantitative estimate of drug-likeness (QED) is 0.516. The molecule has 0 bridgehead atoms. The average Bonchev–Trinajstić information content (AvgIpc) is 3.02. The molecule has 0 atom stereocenters. The number of fused-ring (bicyclic) bond motifs is 3. The molecule has 0 unspecified atom stereocenters. The van der Waals surface area contributed by atoms with Crippen molar-refractivity contribution in [2.75, 3.05) is 5.73 Å². The van der Waals surface area contributed by atoms with Crippen LogP contribution < -0.4 is 5.73 Å². The zero-order valence-corrected chi connectivity index (χ0v) is 10.7. The summed E-state index contributed by atoms with van der Waals surface area (Å²) in [6.07, 6.45) is 1.76. The number of aryl methyl sites for hydroxylation is 1. The van der Waals surface area contributed by atoms with E-state index in [1.54, 1.807) is 13.1 Å². The minimum Gasteiger partial charge on any atom is -0.399 e. The molecule has 6 heteroatoms. The van der Waals surface area contributed by atoms with Crippen molar-refractivity contribution in [1.82, 2.24) is 20.1 Å². The maximum Gasteiger partial charge on any atom is 0.276 e. The Kier molecular flexibility index (Phi) is 2.09. The van der Waals surface area contributed by atoms with Gasteiger partial charge in [-0.15, -0.1) is 0 Å². The zero-order valence-electron chi connectivity index (χ0n) is 10.7. The van der Waals surface area contributed by atoms with Crippen LogP contribution in [0.5, 0.6) is 0 Å². The van der Waals surface area contributed by atoms with E-state index in [1.807, 2.05) is 24.3 Å². The van der Waals surface area contributed by atoms with Crippen molar-refractivity contribution in [2.24, 2.45) is 0 Å². The first kappa shape index (κ1) is 11.0. The molecule has 20 heavy (non-hydrogen) atoms. The van der Waals surface area contributed by atoms with Crippen LogP contribution in [-0.2, 0) is 0 Å². The first-order chi connectivity index (χ1) is 9.70. The Morgan fingerprint density at radius 1 is 1.15 bits per heavy atom. The lowest BCUT2D eigenvalue weighted by atomic mass is 10.1. The Balaban J connectivity index is 2.02. The smallest absolute Gasteiger partial charge is 0.276 e. The van der Waals surface area contributed by atoms with E-state index in [-0.39, 0.29) is 0 Å². The van der Waals surface area contributed by atoms with E-state index in [9.17, 15) is 0 Å². The molecule has 0 spiro atoms. The molecule has 6 nitrogen and oxygen atoms in total. The Hall–Kier alpha value is -2.89. The maximum absolute atomic E-state index is 5.86. The Bertz CT molecular complexity index is 937. The Morgan fingerprint density at radius 3 is 2.80 bits per heavy atom. The van der Waals surface area contributed by atoms with Crippen LogP contribution in [0.25, 0.3) is 33.4 Å². The topological polar surface area (TPSA) is 93.6 Å². The first-order valence-corrected chi connectivity index (χ1v) is 6.18. The van der Waals surface area contributed by atoms with E-state index in [0.717, 1.165) is 27.5 Å². The molecule has 0 aliphatic heterocycles. The molecule has 3 aromatic heterocycles. The van der Waals surface area contributed by atoms with E-state index in [2.05, 4.69) is 20.1 Å². The number of nitrogens with one attached hydrogen (secondary N) is 1. The summed E-state index contributed by atoms with van der Waals surface area (Å²) in [5.74, 6) is 1.01. The van der Waals surface area contributed by atoms with Gasteiger partial charge in [0.1, 0.15) is 5.69 Å². The van der Waals surface area contributed by atoms with Gasteiger partial charge in [0.05, 0.1) is 11.7 Å². The van der Waals surface area contributed by atoms with E-state index in [4.69, 9.17) is 10.3 Å². The van der Waals surface area contributed by atoms with Gasteiger partial charge in [0.15, 0.2) is 5.82 Å². The third kappa shape index (κ3) is 1.55. The van der Waals surface area contributed by atoms with E-state index >= 15 is 0 Å². The van der Waals surface area contributed by atoms with Crippen molar-refractivity contribution in [1.29, 1.82) is 0 Å². The highest BCUT2D eigenvalue weighted by Gasteiger charge is 2.11. The second-order valence-electron chi connectivity index (χ2n) is 4.69. The second kappa shape index (κ2) is 3.80. The normalized spacial score (nSPS) is 11.4. The van der Waals surface area contributed by atoms with Gasteiger partial charge in [-0.25, -0.2) is 4.98 Å². The van der Waals surface area contributed by atoms with Gasteiger partial charge in [0, 0.05) is 22.0 Å². The number of benzene rings is 1. The van der Waals surface area contributed by atoms with Gasteiger partial charge in [-0.3, -0.25) is 0 Å². The predicted molar refractivity (Wildman–Crippen MR) is 76.0 cm³/mol. The number of hydrogen-bond acceptors (Lipinski definition) is 5. The second-order valence-corrected chi connectivity index (χ2v) is 4.69. The molecule has 0 aliphatic carbocycles. The maximum atomic E-state index is 5.86. The van der Waals surface area contributed by atoms with Gasteiger partial charge < -0.3 is 15.2 Å². The standard InChI is InChI=1S/C14H11N5O/c1-7-17-14(20-19-7)12-5-10-9-4-8(15)2-3-11(9)18-13(10)6-16-12/h2-6,18H,15H2,1H3. The highest BCUT2D eigenvalue weighted by atomic mass is 16.5. The average molecular weight is 265 g/mol. The van der Waals surface area contributed by atoms with E-state index < -0.39 is 0 Å². The molecule has 0 aliphatic rings. The highest BCUT2D eigenvalue weighted by molar-refractivity contribution is 6.08. The molecule has 3 heterocycles. The van der Waals surface area contributed by atoms with Crippen molar-refractivity contribution < 1.29 is 4.52 Å². The monoisotopic (exact) mass is 265 g/mol. The third-order valence-electron chi connectivity index (χ3n) is 3.25. The summed E-state index contributed by atoms with van der Waals surface area (Å²) in [7, 11) is 0. The molecule has 1 aromatic carbocycles. The van der Waals surface area contributed by atoms with Crippen molar-refractivity contribution in [3.05, 3.63) is 36.3 Å². The summed E-state index contributed by atoms with van der Waals surface area (Å²) in [6, 6.07) is 7.70. The lowest BCUT2D eigenvalue weighted by Crippen LogP contribution is -1.84. The molecule has 0 amide bonds. The molecule has 0 saturated heterocycles. The first-order valence-electron chi connectivity index (χ1n) is 6.18. The number of anilines is 1. The number of hydrogen-bond donors (Lipinski definition) is 2. The van der Waals surface area contributed by atoms with Crippen LogP contribution >= 0.6 is 0 Å². The molecule has 0 fully saturated rings. The Labute approximate surface area is 113 Å². The van der Waals surface area contributed by atoms with E-state index in [1.165, 1.54) is 0 Å². The lowest BCUT2D eigenvalue weighted by Gasteiger charge is -1.96. The van der Waals surface area contributed by atoms with Gasteiger partial charge in [-0.1, -0.05) is 5.16 Å². The number of pyridine rings is 1. The molecule has 0 saturated carbocycles. The van der Waals surface area contributed by atoms with Crippen LogP contribution in [0.1, 0.15) is 5.82 Å². The fourth-order valence-electron chi connectivity index (χ4n) is 2.33. The van der Waals surface area contributed by atoms with Crippen LogP contribution in [0.2, 0.25) is 0 Å². The van der Waals surface area contributed by atoms with Gasteiger partial charge >= 0.3 is 0 Å². The molecular formula is C14H11N5O. The summed E-state index contributed by atoms with van der Waals surface area (Å²) in [5.41, 5.74) is 9.21. The van der Waals surface area contributed by atoms with Gasteiger partial charge in [-0.2, -0.15) is 4.98 Å². The summed E-state index contributed by atoms with van der Waals surface area (Å²) in [5, 5.41) is 5.87. The number of nitrogens with two attached hydrogens (primary N) is 1. The highest BCUT2D eigenvalue weighted by Crippen LogP contribution is 2.29. The van der Waals surface area contributed by atoms with Crippen LogP contribution in [0.15, 0.2) is 35.0 Å². The molecule has 4 aromatic rings. The molecule has 98 valence electrons. The van der Waals surface area contributed by atoms with Crippen molar-refractivity contribution >= 4 is 27.5 Å². The van der Waals surface area contributed by atoms with Gasteiger partial charge in [-0.05, 0) is 31.2 Å². The van der Waals surface area contributed by atoms with Crippen molar-refractivity contribution in [2.45, 2.75) is 6.92 Å². The Morgan fingerprint density at radius 2 is 2.00 bits per heavy atom. The summed E-state index contributed by atoms with van der Waals surface area (Å²) < 4.78 is 5.15. The lowest BCUT2D eigenvalue weighted by molar-refractivity contribution is 0.424. The fourth-order valence-corrected chi connectivity index (χ4v) is 2.33. The number of H-pyrrole nitrogens is 1. The van der Waals surface area contributed by atoms with Crippen LogP contribution in [0.4, 0.5) is 5.69 Å². The van der Waals surface area contributed by atoms with Crippen molar-refractivity contribution in [3.8, 4) is 11.6 Å². The van der Waals surface area contributed by atoms with Gasteiger partial charge in [0.25, 0.3) is 5.89 Å². The summed E-state index contributed by atoms with van der Waals surface area (Å²) in [4.78, 5) is 11.8. The van der Waals surface area contributed by atoms with E-state index in [0.29, 0.717) is 17.4 Å².